The van der Waals surface area contributed by atoms with Gasteiger partial charge in [-0.25, -0.2) is 4.79 Å². The summed E-state index contributed by atoms with van der Waals surface area (Å²) in [5, 5.41) is 9.37. The summed E-state index contributed by atoms with van der Waals surface area (Å²) in [6, 6.07) is -1.14. The summed E-state index contributed by atoms with van der Waals surface area (Å²) in [4.78, 5) is 36.2. The van der Waals surface area contributed by atoms with Crippen LogP contribution < -0.4 is 0 Å². The molecule has 0 radical (unpaired) electrons. The van der Waals surface area contributed by atoms with Crippen LogP contribution in [0.4, 0.5) is 0 Å². The molecule has 0 unspecified atom stereocenters. The van der Waals surface area contributed by atoms with E-state index in [0.717, 1.165) is 0 Å². The van der Waals surface area contributed by atoms with E-state index in [9.17, 15) is 19.5 Å². The van der Waals surface area contributed by atoms with Gasteiger partial charge in [-0.05, 0) is 19.3 Å². The van der Waals surface area contributed by atoms with Gasteiger partial charge in [-0.15, -0.1) is 0 Å². The SMILES string of the molecule is CC[C@@]1(C(=O)OC)CCCN(C(C)=O)[C@@H]1C(=O)O. The second-order valence-corrected chi connectivity index (χ2v) is 4.56. The Morgan fingerprint density at radius 3 is 2.44 bits per heavy atom. The molecule has 1 N–H and O–H groups in total. The van der Waals surface area contributed by atoms with Crippen LogP contribution in [0.15, 0.2) is 0 Å². The number of nitrogens with zero attached hydrogens (tertiary/aromatic N) is 1. The maximum absolute atomic E-state index is 12.0. The van der Waals surface area contributed by atoms with Gasteiger partial charge in [0.25, 0.3) is 0 Å². The fourth-order valence-electron chi connectivity index (χ4n) is 2.77. The molecule has 6 heteroatoms. The fourth-order valence-corrected chi connectivity index (χ4v) is 2.77. The molecular formula is C12H19NO5. The third-order valence-electron chi connectivity index (χ3n) is 3.72. The summed E-state index contributed by atoms with van der Waals surface area (Å²) < 4.78 is 4.75. The zero-order valence-electron chi connectivity index (χ0n) is 10.9. The summed E-state index contributed by atoms with van der Waals surface area (Å²) in [7, 11) is 1.24. The topological polar surface area (TPSA) is 83.9 Å². The average Bonchev–Trinajstić information content (AvgIpc) is 2.36. The highest BCUT2D eigenvalue weighted by Crippen LogP contribution is 2.40. The molecule has 1 heterocycles. The van der Waals surface area contributed by atoms with Crippen molar-refractivity contribution in [3.63, 3.8) is 0 Å². The quantitative estimate of drug-likeness (QED) is 0.750. The number of likely N-dealkylation sites (tertiary alicyclic amines) is 1. The number of amides is 1. The Morgan fingerprint density at radius 2 is 2.06 bits per heavy atom. The van der Waals surface area contributed by atoms with E-state index >= 15 is 0 Å². The van der Waals surface area contributed by atoms with Gasteiger partial charge in [-0.1, -0.05) is 6.92 Å². The third-order valence-corrected chi connectivity index (χ3v) is 3.72. The number of aliphatic carboxylic acids is 1. The molecule has 18 heavy (non-hydrogen) atoms. The van der Waals surface area contributed by atoms with Crippen molar-refractivity contribution in [1.29, 1.82) is 0 Å². The van der Waals surface area contributed by atoms with Crippen molar-refractivity contribution in [3.05, 3.63) is 0 Å². The number of carbonyl (C=O) groups excluding carboxylic acids is 2. The predicted octanol–water partition coefficient (Wildman–Crippen LogP) is 0.651. The van der Waals surface area contributed by atoms with Crippen LogP contribution in [0.5, 0.6) is 0 Å². The Balaban J connectivity index is 3.24. The molecule has 0 aromatic rings. The minimum Gasteiger partial charge on any atom is -0.480 e. The number of rotatable bonds is 3. The van der Waals surface area contributed by atoms with Crippen LogP contribution in [-0.4, -0.2) is 47.5 Å². The molecule has 102 valence electrons. The van der Waals surface area contributed by atoms with Gasteiger partial charge in [-0.2, -0.15) is 0 Å². The number of ether oxygens (including phenoxy) is 1. The van der Waals surface area contributed by atoms with E-state index in [1.54, 1.807) is 6.92 Å². The van der Waals surface area contributed by atoms with Crippen LogP contribution in [0.25, 0.3) is 0 Å². The highest BCUT2D eigenvalue weighted by Gasteiger charge is 2.54. The second kappa shape index (κ2) is 5.37. The molecule has 0 aromatic heterocycles. The van der Waals surface area contributed by atoms with Gasteiger partial charge in [0.1, 0.15) is 6.04 Å². The standard InChI is InChI=1S/C12H19NO5/c1-4-12(11(17)18-3)6-5-7-13(8(2)14)9(12)10(15)16/h9H,4-7H2,1-3H3,(H,15,16)/t9-,12-/m1/s1. The normalized spacial score (nSPS) is 27.7. The molecule has 0 aliphatic carbocycles. The number of carboxylic acid groups (broad SMARTS) is 1. The lowest BCUT2D eigenvalue weighted by molar-refractivity contribution is -0.174. The van der Waals surface area contributed by atoms with Gasteiger partial charge >= 0.3 is 11.9 Å². The van der Waals surface area contributed by atoms with E-state index in [1.165, 1.54) is 18.9 Å². The number of hydrogen-bond acceptors (Lipinski definition) is 4. The van der Waals surface area contributed by atoms with Gasteiger partial charge in [-0.3, -0.25) is 9.59 Å². The lowest BCUT2D eigenvalue weighted by Crippen LogP contribution is -2.60. The highest BCUT2D eigenvalue weighted by atomic mass is 16.5. The van der Waals surface area contributed by atoms with Crippen molar-refractivity contribution < 1.29 is 24.2 Å². The molecule has 1 aliphatic rings. The minimum atomic E-state index is -1.16. The minimum absolute atomic E-state index is 0.330. The fraction of sp³-hybridized carbons (Fsp3) is 0.750. The van der Waals surface area contributed by atoms with Crippen LogP contribution in [0.3, 0.4) is 0 Å². The molecule has 1 fully saturated rings. The summed E-state index contributed by atoms with van der Waals surface area (Å²) in [5.74, 6) is -2.04. The molecule has 1 amide bonds. The van der Waals surface area contributed by atoms with Gasteiger partial charge < -0.3 is 14.7 Å². The summed E-state index contributed by atoms with van der Waals surface area (Å²) in [5.41, 5.74) is -1.13. The molecule has 2 atom stereocenters. The zero-order valence-corrected chi connectivity index (χ0v) is 10.9. The van der Waals surface area contributed by atoms with E-state index in [2.05, 4.69) is 0 Å². The summed E-state index contributed by atoms with van der Waals surface area (Å²) in [6.07, 6.45) is 1.36. The number of esters is 1. The Labute approximate surface area is 106 Å². The van der Waals surface area contributed by atoms with Crippen LogP contribution >= 0.6 is 0 Å². The largest absolute Gasteiger partial charge is 0.480 e. The Bertz CT molecular complexity index is 367. The summed E-state index contributed by atoms with van der Waals surface area (Å²) >= 11 is 0. The molecule has 1 rings (SSSR count). The first-order chi connectivity index (χ1) is 8.40. The third kappa shape index (κ3) is 2.19. The van der Waals surface area contributed by atoms with Gasteiger partial charge in [0.05, 0.1) is 12.5 Å². The van der Waals surface area contributed by atoms with Crippen molar-refractivity contribution in [2.45, 2.75) is 39.2 Å². The van der Waals surface area contributed by atoms with Crippen LogP contribution in [0.2, 0.25) is 0 Å². The van der Waals surface area contributed by atoms with Crippen molar-refractivity contribution in [3.8, 4) is 0 Å². The predicted molar refractivity (Wildman–Crippen MR) is 62.8 cm³/mol. The zero-order chi connectivity index (χ0) is 13.9. The first-order valence-corrected chi connectivity index (χ1v) is 5.99. The molecule has 0 aromatic carbocycles. The monoisotopic (exact) mass is 257 g/mol. The van der Waals surface area contributed by atoms with Gasteiger partial charge in [0.15, 0.2) is 0 Å². The maximum Gasteiger partial charge on any atom is 0.327 e. The smallest absolute Gasteiger partial charge is 0.327 e. The second-order valence-electron chi connectivity index (χ2n) is 4.56. The Hall–Kier alpha value is -1.59. The number of methoxy groups -OCH3 is 1. The number of carbonyl (C=O) groups is 3. The number of piperidine rings is 1. The molecular weight excluding hydrogens is 238 g/mol. The summed E-state index contributed by atoms with van der Waals surface area (Å²) in [6.45, 7) is 3.43. The van der Waals surface area contributed by atoms with Crippen molar-refractivity contribution in [2.24, 2.45) is 5.41 Å². The van der Waals surface area contributed by atoms with Crippen molar-refractivity contribution in [1.82, 2.24) is 4.90 Å². The van der Waals surface area contributed by atoms with E-state index in [0.29, 0.717) is 25.8 Å². The molecule has 0 spiro atoms. The number of hydrogen-bond donors (Lipinski definition) is 1. The average molecular weight is 257 g/mol. The Kier molecular flexibility index (Phi) is 4.32. The molecule has 6 nitrogen and oxygen atoms in total. The maximum atomic E-state index is 12.0. The molecule has 0 bridgehead atoms. The van der Waals surface area contributed by atoms with E-state index in [1.807, 2.05) is 0 Å². The van der Waals surface area contributed by atoms with Gasteiger partial charge in [0, 0.05) is 13.5 Å². The van der Waals surface area contributed by atoms with Gasteiger partial charge in [0.2, 0.25) is 5.91 Å². The number of carboxylic acids is 1. The van der Waals surface area contributed by atoms with E-state index in [4.69, 9.17) is 4.74 Å². The van der Waals surface area contributed by atoms with E-state index < -0.39 is 23.4 Å². The van der Waals surface area contributed by atoms with E-state index in [-0.39, 0.29) is 5.91 Å². The first kappa shape index (κ1) is 14.5. The Morgan fingerprint density at radius 1 is 1.44 bits per heavy atom. The van der Waals surface area contributed by atoms with Crippen LogP contribution in [0.1, 0.15) is 33.1 Å². The van der Waals surface area contributed by atoms with Crippen molar-refractivity contribution in [2.75, 3.05) is 13.7 Å². The molecule has 1 saturated heterocycles. The highest BCUT2D eigenvalue weighted by molar-refractivity contribution is 5.90. The molecule has 1 aliphatic heterocycles. The van der Waals surface area contributed by atoms with Crippen LogP contribution in [-0.2, 0) is 19.1 Å². The lowest BCUT2D eigenvalue weighted by atomic mass is 9.71. The molecule has 0 saturated carbocycles. The van der Waals surface area contributed by atoms with Crippen molar-refractivity contribution >= 4 is 17.8 Å². The first-order valence-electron chi connectivity index (χ1n) is 5.99. The van der Waals surface area contributed by atoms with Crippen LogP contribution in [0, 0.1) is 5.41 Å². The lowest BCUT2D eigenvalue weighted by Gasteiger charge is -2.45.